The van der Waals surface area contributed by atoms with E-state index in [0.29, 0.717) is 13.1 Å². The van der Waals surface area contributed by atoms with Crippen molar-refractivity contribution in [3.05, 3.63) is 48.4 Å². The van der Waals surface area contributed by atoms with Crippen molar-refractivity contribution in [1.82, 2.24) is 24.7 Å². The highest BCUT2D eigenvalue weighted by Gasteiger charge is 2.23. The van der Waals surface area contributed by atoms with E-state index in [1.54, 1.807) is 10.8 Å². The molecule has 1 aliphatic rings. The minimum Gasteiger partial charge on any atom is -0.379 e. The molecule has 0 atom stereocenters. The van der Waals surface area contributed by atoms with E-state index in [9.17, 15) is 4.79 Å². The first-order valence-electron chi connectivity index (χ1n) is 8.74. The summed E-state index contributed by atoms with van der Waals surface area (Å²) in [5.74, 6) is 0. The maximum atomic E-state index is 12.4. The minimum atomic E-state index is -0.0470. The fourth-order valence-corrected chi connectivity index (χ4v) is 3.23. The van der Waals surface area contributed by atoms with Gasteiger partial charge in [0.1, 0.15) is 6.33 Å². The van der Waals surface area contributed by atoms with E-state index in [1.165, 1.54) is 0 Å². The third kappa shape index (κ3) is 3.44. The van der Waals surface area contributed by atoms with E-state index in [-0.39, 0.29) is 12.1 Å². The van der Waals surface area contributed by atoms with Crippen LogP contribution in [0.1, 0.15) is 18.5 Å². The molecule has 1 aliphatic heterocycles. The number of para-hydroxylation sites is 1. The molecule has 3 aromatic rings. The number of likely N-dealkylation sites (tertiary alicyclic amines) is 1. The van der Waals surface area contributed by atoms with Crippen LogP contribution in [0.2, 0.25) is 0 Å². The number of nitrogens with one attached hydrogen (secondary N) is 2. The number of nitrogens with zero attached hydrogens (tertiary/aromatic N) is 5. The molecular formula is C18H21N7O. The first-order valence-corrected chi connectivity index (χ1v) is 8.74. The summed E-state index contributed by atoms with van der Waals surface area (Å²) in [5.41, 5.74) is 3.38. The van der Waals surface area contributed by atoms with E-state index in [4.69, 9.17) is 0 Å². The van der Waals surface area contributed by atoms with Gasteiger partial charge in [-0.2, -0.15) is 9.61 Å². The lowest BCUT2D eigenvalue weighted by molar-refractivity contribution is 0.197. The molecule has 26 heavy (non-hydrogen) atoms. The van der Waals surface area contributed by atoms with Gasteiger partial charge in [-0.05, 0) is 38.0 Å². The van der Waals surface area contributed by atoms with Crippen LogP contribution >= 0.6 is 0 Å². The number of carbonyl (C=O) groups is 1. The molecular weight excluding hydrogens is 330 g/mol. The van der Waals surface area contributed by atoms with Crippen LogP contribution in [0.3, 0.4) is 0 Å². The van der Waals surface area contributed by atoms with Crippen LogP contribution in [-0.4, -0.2) is 49.9 Å². The van der Waals surface area contributed by atoms with Crippen LogP contribution in [0.5, 0.6) is 0 Å². The van der Waals surface area contributed by atoms with Crippen molar-refractivity contribution >= 4 is 23.1 Å². The summed E-state index contributed by atoms with van der Waals surface area (Å²) >= 11 is 0. The summed E-state index contributed by atoms with van der Waals surface area (Å²) in [6, 6.07) is 11.8. The van der Waals surface area contributed by atoms with Crippen LogP contribution < -0.4 is 10.6 Å². The average molecular weight is 351 g/mol. The van der Waals surface area contributed by atoms with Crippen molar-refractivity contribution in [2.45, 2.75) is 25.8 Å². The predicted octanol–water partition coefficient (Wildman–Crippen LogP) is 2.54. The van der Waals surface area contributed by atoms with Gasteiger partial charge in [0.25, 0.3) is 0 Å². The maximum Gasteiger partial charge on any atom is 0.321 e. The van der Waals surface area contributed by atoms with E-state index in [1.807, 2.05) is 48.2 Å². The molecule has 0 radical (unpaired) electrons. The molecule has 2 amide bonds. The summed E-state index contributed by atoms with van der Waals surface area (Å²) in [6.07, 6.45) is 3.36. The normalized spacial score (nSPS) is 15.2. The summed E-state index contributed by atoms with van der Waals surface area (Å²) in [7, 11) is 0. The molecule has 0 aliphatic carbocycles. The SMILES string of the molecule is Cc1cc(NC2CCN(C(=O)Nc3ccccc3)CC2)c2nncn2n1. The number of fused-ring (bicyclic) bond motifs is 1. The number of piperidine rings is 1. The second kappa shape index (κ2) is 6.99. The Hall–Kier alpha value is -3.16. The highest BCUT2D eigenvalue weighted by atomic mass is 16.2. The topological polar surface area (TPSA) is 87.5 Å². The van der Waals surface area contributed by atoms with Gasteiger partial charge in [-0.3, -0.25) is 0 Å². The number of aromatic nitrogens is 4. The van der Waals surface area contributed by atoms with Gasteiger partial charge in [0.05, 0.1) is 11.4 Å². The number of amides is 2. The smallest absolute Gasteiger partial charge is 0.321 e. The molecule has 8 heteroatoms. The molecule has 0 spiro atoms. The number of benzene rings is 1. The van der Waals surface area contributed by atoms with Crippen molar-refractivity contribution in [1.29, 1.82) is 0 Å². The van der Waals surface area contributed by atoms with Crippen molar-refractivity contribution in [3.63, 3.8) is 0 Å². The van der Waals surface area contributed by atoms with E-state index in [0.717, 1.165) is 35.6 Å². The third-order valence-corrected chi connectivity index (χ3v) is 4.56. The van der Waals surface area contributed by atoms with Crippen molar-refractivity contribution in [2.24, 2.45) is 0 Å². The van der Waals surface area contributed by atoms with E-state index >= 15 is 0 Å². The molecule has 8 nitrogen and oxygen atoms in total. The summed E-state index contributed by atoms with van der Waals surface area (Å²) in [5, 5.41) is 18.9. The van der Waals surface area contributed by atoms with E-state index in [2.05, 4.69) is 25.9 Å². The van der Waals surface area contributed by atoms with Gasteiger partial charge >= 0.3 is 6.03 Å². The van der Waals surface area contributed by atoms with Crippen LogP contribution in [0.25, 0.3) is 5.65 Å². The van der Waals surface area contributed by atoms with Gasteiger partial charge < -0.3 is 15.5 Å². The first kappa shape index (κ1) is 16.3. The number of carbonyl (C=O) groups excluding carboxylic acids is 1. The lowest BCUT2D eigenvalue weighted by Gasteiger charge is -2.32. The lowest BCUT2D eigenvalue weighted by Crippen LogP contribution is -2.44. The molecule has 1 aromatic carbocycles. The van der Waals surface area contributed by atoms with Crippen LogP contribution in [0.15, 0.2) is 42.7 Å². The Morgan fingerprint density at radius 3 is 2.73 bits per heavy atom. The zero-order chi connectivity index (χ0) is 17.9. The Morgan fingerprint density at radius 1 is 1.19 bits per heavy atom. The maximum absolute atomic E-state index is 12.4. The van der Waals surface area contributed by atoms with Gasteiger partial charge in [0.2, 0.25) is 5.65 Å². The largest absolute Gasteiger partial charge is 0.379 e. The predicted molar refractivity (Wildman–Crippen MR) is 99.2 cm³/mol. The van der Waals surface area contributed by atoms with Gasteiger partial charge in [-0.25, -0.2) is 4.79 Å². The molecule has 4 rings (SSSR count). The van der Waals surface area contributed by atoms with Gasteiger partial charge in [-0.1, -0.05) is 18.2 Å². The Kier molecular flexibility index (Phi) is 4.39. The zero-order valence-corrected chi connectivity index (χ0v) is 14.6. The molecule has 0 bridgehead atoms. The summed E-state index contributed by atoms with van der Waals surface area (Å²) in [4.78, 5) is 14.2. The molecule has 0 unspecified atom stereocenters. The van der Waals surface area contributed by atoms with E-state index < -0.39 is 0 Å². The number of urea groups is 1. The van der Waals surface area contributed by atoms with Gasteiger partial charge in [0.15, 0.2) is 0 Å². The average Bonchev–Trinajstić information content (AvgIpc) is 3.11. The Balaban J connectivity index is 1.36. The molecule has 0 saturated carbocycles. The molecule has 1 saturated heterocycles. The summed E-state index contributed by atoms with van der Waals surface area (Å²) < 4.78 is 1.68. The second-order valence-electron chi connectivity index (χ2n) is 6.50. The van der Waals surface area contributed by atoms with Crippen molar-refractivity contribution in [2.75, 3.05) is 23.7 Å². The number of aryl methyl sites for hydroxylation is 1. The Bertz CT molecular complexity index is 900. The summed E-state index contributed by atoms with van der Waals surface area (Å²) in [6.45, 7) is 3.37. The fourth-order valence-electron chi connectivity index (χ4n) is 3.23. The molecule has 134 valence electrons. The molecule has 1 fully saturated rings. The molecule has 2 N–H and O–H groups in total. The Morgan fingerprint density at radius 2 is 1.96 bits per heavy atom. The monoisotopic (exact) mass is 351 g/mol. The van der Waals surface area contributed by atoms with Crippen LogP contribution in [0, 0.1) is 6.92 Å². The highest BCUT2D eigenvalue weighted by Crippen LogP contribution is 2.21. The van der Waals surface area contributed by atoms with Crippen LogP contribution in [-0.2, 0) is 0 Å². The van der Waals surface area contributed by atoms with Crippen molar-refractivity contribution < 1.29 is 4.79 Å². The number of hydrogen-bond donors (Lipinski definition) is 2. The van der Waals surface area contributed by atoms with Gasteiger partial charge in [0, 0.05) is 24.8 Å². The number of hydrogen-bond acceptors (Lipinski definition) is 5. The third-order valence-electron chi connectivity index (χ3n) is 4.56. The molecule has 2 aromatic heterocycles. The second-order valence-corrected chi connectivity index (χ2v) is 6.50. The highest BCUT2D eigenvalue weighted by molar-refractivity contribution is 5.89. The minimum absolute atomic E-state index is 0.0470. The molecule has 3 heterocycles. The van der Waals surface area contributed by atoms with Crippen LogP contribution in [0.4, 0.5) is 16.2 Å². The Labute approximate surface area is 151 Å². The quantitative estimate of drug-likeness (QED) is 0.757. The zero-order valence-electron chi connectivity index (χ0n) is 14.6. The van der Waals surface area contributed by atoms with Crippen molar-refractivity contribution in [3.8, 4) is 0 Å². The standard InChI is InChI=1S/C18H21N7O/c1-13-11-16(17-22-19-12-25(17)23-13)20-15-7-9-24(10-8-15)18(26)21-14-5-3-2-4-6-14/h2-6,11-12,15,20H,7-10H2,1H3,(H,21,26). The number of rotatable bonds is 3. The number of anilines is 2. The van der Waals surface area contributed by atoms with Gasteiger partial charge in [-0.15, -0.1) is 10.2 Å². The lowest BCUT2D eigenvalue weighted by atomic mass is 10.0. The first-order chi connectivity index (χ1) is 12.7. The fraction of sp³-hybridized carbons (Fsp3) is 0.333.